The van der Waals surface area contributed by atoms with Crippen molar-refractivity contribution in [1.82, 2.24) is 14.5 Å². The van der Waals surface area contributed by atoms with E-state index < -0.39 is 18.4 Å². The second kappa shape index (κ2) is 4.34. The van der Waals surface area contributed by atoms with Gasteiger partial charge in [-0.3, -0.25) is 9.78 Å². The minimum atomic E-state index is -0.756. The van der Waals surface area contributed by atoms with Crippen molar-refractivity contribution < 1.29 is 14.9 Å². The number of nitrogens with zero attached hydrogens (tertiary/aromatic N) is 2. The molecule has 3 rings (SSSR count). The Labute approximate surface area is 107 Å². The van der Waals surface area contributed by atoms with Crippen molar-refractivity contribution >= 4 is 17.0 Å². The van der Waals surface area contributed by atoms with E-state index in [-0.39, 0.29) is 18.1 Å². The Balaban J connectivity index is 2.05. The van der Waals surface area contributed by atoms with Crippen LogP contribution in [-0.2, 0) is 4.74 Å². The lowest BCUT2D eigenvalue weighted by molar-refractivity contribution is -0.0429. The highest BCUT2D eigenvalue weighted by Crippen LogP contribution is 2.30. The van der Waals surface area contributed by atoms with Gasteiger partial charge in [-0.1, -0.05) is 0 Å². The van der Waals surface area contributed by atoms with Crippen molar-refractivity contribution in [2.45, 2.75) is 24.9 Å². The predicted molar refractivity (Wildman–Crippen MR) is 66.4 cm³/mol. The van der Waals surface area contributed by atoms with E-state index in [0.29, 0.717) is 17.5 Å². The fourth-order valence-corrected chi connectivity index (χ4v) is 2.38. The van der Waals surface area contributed by atoms with Crippen molar-refractivity contribution in [3.63, 3.8) is 0 Å². The fourth-order valence-electron chi connectivity index (χ4n) is 2.38. The summed E-state index contributed by atoms with van der Waals surface area (Å²) in [5.41, 5.74) is 5.91. The number of anilines is 1. The highest BCUT2D eigenvalue weighted by atomic mass is 16.5. The summed E-state index contributed by atoms with van der Waals surface area (Å²) in [6.45, 7) is -0.265. The number of nitrogen functional groups attached to an aromatic ring is 1. The van der Waals surface area contributed by atoms with Gasteiger partial charge >= 0.3 is 0 Å². The topological polar surface area (TPSA) is 126 Å². The standard InChI is InChI=1S/C11H14N4O4/c12-11-13-5-1-2-15(9(5)10(18)14-11)8-3-6(17)7(4-16)19-8/h1-2,6-8,16-17H,3-4H2,(H3,12,13,14,18)/t6-,7+,8+/m0/s1. The van der Waals surface area contributed by atoms with Crippen LogP contribution in [0, 0.1) is 0 Å². The molecule has 102 valence electrons. The van der Waals surface area contributed by atoms with Gasteiger partial charge in [-0.2, -0.15) is 0 Å². The number of aliphatic hydroxyl groups is 2. The highest BCUT2D eigenvalue weighted by molar-refractivity contribution is 5.75. The number of ether oxygens (including phenoxy) is 1. The summed E-state index contributed by atoms with van der Waals surface area (Å²) in [5.74, 6) is 0.0517. The number of H-pyrrole nitrogens is 1. The average Bonchev–Trinajstić information content (AvgIpc) is 2.92. The van der Waals surface area contributed by atoms with Gasteiger partial charge in [0.05, 0.1) is 18.2 Å². The van der Waals surface area contributed by atoms with E-state index >= 15 is 0 Å². The second-order valence-corrected chi connectivity index (χ2v) is 4.52. The monoisotopic (exact) mass is 266 g/mol. The highest BCUT2D eigenvalue weighted by Gasteiger charge is 2.35. The molecule has 0 aromatic carbocycles. The van der Waals surface area contributed by atoms with Gasteiger partial charge in [0.15, 0.2) is 0 Å². The van der Waals surface area contributed by atoms with E-state index in [0.717, 1.165) is 0 Å². The number of aromatic nitrogens is 3. The van der Waals surface area contributed by atoms with Crippen molar-refractivity contribution in [2.75, 3.05) is 12.3 Å². The van der Waals surface area contributed by atoms with Gasteiger partial charge in [-0.05, 0) is 6.07 Å². The van der Waals surface area contributed by atoms with Gasteiger partial charge in [0.2, 0.25) is 5.95 Å². The van der Waals surface area contributed by atoms with Crippen molar-refractivity contribution in [2.24, 2.45) is 0 Å². The Kier molecular flexibility index (Phi) is 2.77. The molecule has 0 radical (unpaired) electrons. The first-order valence-electron chi connectivity index (χ1n) is 5.91. The molecule has 1 aliphatic heterocycles. The molecule has 8 nitrogen and oxygen atoms in total. The second-order valence-electron chi connectivity index (χ2n) is 4.52. The molecule has 19 heavy (non-hydrogen) atoms. The van der Waals surface area contributed by atoms with Crippen LogP contribution in [0.25, 0.3) is 11.0 Å². The number of hydrogen-bond donors (Lipinski definition) is 4. The number of aromatic amines is 1. The molecule has 0 saturated carbocycles. The lowest BCUT2D eigenvalue weighted by atomic mass is 10.2. The summed E-state index contributed by atoms with van der Waals surface area (Å²) in [7, 11) is 0. The van der Waals surface area contributed by atoms with E-state index in [1.165, 1.54) is 0 Å². The van der Waals surface area contributed by atoms with Gasteiger partial charge in [0.1, 0.15) is 17.8 Å². The van der Waals surface area contributed by atoms with E-state index in [9.17, 15) is 9.90 Å². The Morgan fingerprint density at radius 2 is 2.42 bits per heavy atom. The van der Waals surface area contributed by atoms with E-state index in [1.807, 2.05) is 0 Å². The number of rotatable bonds is 2. The quantitative estimate of drug-likeness (QED) is 0.549. The van der Waals surface area contributed by atoms with Crippen LogP contribution < -0.4 is 11.3 Å². The number of nitrogens with two attached hydrogens (primary N) is 1. The summed E-state index contributed by atoms with van der Waals surface area (Å²) in [4.78, 5) is 18.4. The van der Waals surface area contributed by atoms with Crippen LogP contribution in [0.15, 0.2) is 17.1 Å². The minimum absolute atomic E-state index is 0.0517. The summed E-state index contributed by atoms with van der Waals surface area (Å²) in [5, 5.41) is 18.8. The smallest absolute Gasteiger partial charge is 0.276 e. The molecule has 2 aromatic rings. The Bertz CT molecular complexity index is 664. The SMILES string of the molecule is Nc1nc2ccn([C@H]3C[C@H](O)[C@@H](CO)O3)c2c(=O)[nH]1. The zero-order valence-electron chi connectivity index (χ0n) is 9.98. The number of hydrogen-bond acceptors (Lipinski definition) is 6. The molecule has 0 amide bonds. The van der Waals surface area contributed by atoms with E-state index in [2.05, 4.69) is 9.97 Å². The predicted octanol–water partition coefficient (Wildman–Crippen LogP) is -1.05. The molecule has 0 bridgehead atoms. The Hall–Kier alpha value is -1.90. The molecule has 3 heterocycles. The number of aliphatic hydroxyl groups excluding tert-OH is 2. The zero-order chi connectivity index (χ0) is 13.6. The van der Waals surface area contributed by atoms with Crippen LogP contribution in [0.3, 0.4) is 0 Å². The fraction of sp³-hybridized carbons (Fsp3) is 0.455. The maximum atomic E-state index is 11.9. The van der Waals surface area contributed by atoms with Crippen LogP contribution in [0.4, 0.5) is 5.95 Å². The van der Waals surface area contributed by atoms with Crippen LogP contribution >= 0.6 is 0 Å². The molecular weight excluding hydrogens is 252 g/mol. The van der Waals surface area contributed by atoms with Gasteiger partial charge in [0.25, 0.3) is 5.56 Å². The first-order chi connectivity index (χ1) is 9.10. The average molecular weight is 266 g/mol. The van der Waals surface area contributed by atoms with Crippen LogP contribution in [0.1, 0.15) is 12.6 Å². The molecule has 5 N–H and O–H groups in total. The molecule has 2 aromatic heterocycles. The van der Waals surface area contributed by atoms with Gasteiger partial charge in [-0.15, -0.1) is 0 Å². The van der Waals surface area contributed by atoms with Crippen molar-refractivity contribution in [1.29, 1.82) is 0 Å². The maximum absolute atomic E-state index is 11.9. The first kappa shape index (κ1) is 12.2. The zero-order valence-corrected chi connectivity index (χ0v) is 9.98. The summed E-state index contributed by atoms with van der Waals surface area (Å²) in [6, 6.07) is 1.66. The van der Waals surface area contributed by atoms with Crippen molar-refractivity contribution in [3.05, 3.63) is 22.6 Å². The minimum Gasteiger partial charge on any atom is -0.394 e. The summed E-state index contributed by atoms with van der Waals surface area (Å²) >= 11 is 0. The van der Waals surface area contributed by atoms with Gasteiger partial charge < -0.3 is 25.3 Å². The van der Waals surface area contributed by atoms with Gasteiger partial charge in [-0.25, -0.2) is 4.98 Å². The van der Waals surface area contributed by atoms with Crippen LogP contribution in [0.2, 0.25) is 0 Å². The Morgan fingerprint density at radius 1 is 1.63 bits per heavy atom. The molecule has 1 fully saturated rings. The maximum Gasteiger partial charge on any atom is 0.276 e. The lowest BCUT2D eigenvalue weighted by Gasteiger charge is -2.14. The largest absolute Gasteiger partial charge is 0.394 e. The molecular formula is C11H14N4O4. The van der Waals surface area contributed by atoms with Gasteiger partial charge in [0, 0.05) is 12.6 Å². The molecule has 0 unspecified atom stereocenters. The summed E-state index contributed by atoms with van der Waals surface area (Å²) < 4.78 is 7.11. The van der Waals surface area contributed by atoms with Crippen LogP contribution in [0.5, 0.6) is 0 Å². The van der Waals surface area contributed by atoms with E-state index in [4.69, 9.17) is 15.6 Å². The third-order valence-corrected chi connectivity index (χ3v) is 3.29. The number of nitrogens with one attached hydrogen (secondary N) is 1. The molecule has 0 aliphatic carbocycles. The van der Waals surface area contributed by atoms with E-state index in [1.54, 1.807) is 16.8 Å². The van der Waals surface area contributed by atoms with Crippen molar-refractivity contribution in [3.8, 4) is 0 Å². The summed E-state index contributed by atoms with van der Waals surface area (Å²) in [6.07, 6.45) is 0.0650. The molecule has 1 aliphatic rings. The third-order valence-electron chi connectivity index (χ3n) is 3.29. The lowest BCUT2D eigenvalue weighted by Crippen LogP contribution is -2.24. The molecule has 8 heteroatoms. The Morgan fingerprint density at radius 3 is 3.11 bits per heavy atom. The van der Waals surface area contributed by atoms with Crippen LogP contribution in [-0.4, -0.2) is 43.6 Å². The normalized spacial score (nSPS) is 27.2. The molecule has 3 atom stereocenters. The third kappa shape index (κ3) is 1.89. The molecule has 1 saturated heterocycles. The first-order valence-corrected chi connectivity index (χ1v) is 5.91. The number of fused-ring (bicyclic) bond motifs is 1. The molecule has 0 spiro atoms.